The van der Waals surface area contributed by atoms with Gasteiger partial charge in [-0.15, -0.1) is 0 Å². The summed E-state index contributed by atoms with van der Waals surface area (Å²) in [5.41, 5.74) is 7.53. The molecule has 1 aromatic heterocycles. The number of nitrogens with two attached hydrogens (primary N) is 1. The second-order valence-electron chi connectivity index (χ2n) is 7.67. The van der Waals surface area contributed by atoms with E-state index in [1.165, 1.54) is 0 Å². The molecule has 0 saturated carbocycles. The predicted molar refractivity (Wildman–Crippen MR) is 104 cm³/mol. The van der Waals surface area contributed by atoms with Crippen molar-refractivity contribution in [2.24, 2.45) is 5.73 Å². The van der Waals surface area contributed by atoms with Crippen LogP contribution in [0.25, 0.3) is 5.57 Å². The molecule has 1 unspecified atom stereocenters. The molecule has 2 heterocycles. The predicted octanol–water partition coefficient (Wildman–Crippen LogP) is 4.64. The Morgan fingerprint density at radius 3 is 2.39 bits per heavy atom. The van der Waals surface area contributed by atoms with Gasteiger partial charge in [0.05, 0.1) is 17.9 Å². The van der Waals surface area contributed by atoms with E-state index in [0.29, 0.717) is 23.0 Å². The number of aromatic nitrogens is 2. The quantitative estimate of drug-likeness (QED) is 0.522. The number of fused-ring (bicyclic) bond motifs is 1. The molecule has 1 aliphatic rings. The highest BCUT2D eigenvalue weighted by Gasteiger charge is 2.40. The van der Waals surface area contributed by atoms with E-state index >= 15 is 0 Å². The molecular weight excluding hydrogens is 422 g/mol. The van der Waals surface area contributed by atoms with E-state index in [4.69, 9.17) is 5.73 Å². The molecule has 2 N–H and O–H groups in total. The Labute approximate surface area is 175 Å². The summed E-state index contributed by atoms with van der Waals surface area (Å²) >= 11 is 0. The van der Waals surface area contributed by atoms with Gasteiger partial charge in [-0.25, -0.2) is 18.2 Å². The number of nitrogens with zero attached hydrogens (tertiary/aromatic N) is 3. The number of imidazole rings is 1. The minimum absolute atomic E-state index is 0.0521. The van der Waals surface area contributed by atoms with Crippen molar-refractivity contribution in [1.29, 1.82) is 0 Å². The molecule has 0 saturated heterocycles. The zero-order valence-corrected chi connectivity index (χ0v) is 16.9. The first kappa shape index (κ1) is 22.9. The fraction of sp³-hybridized carbons (Fsp3) is 0.381. The maximum atomic E-state index is 13.9. The highest BCUT2D eigenvalue weighted by molar-refractivity contribution is 5.60. The van der Waals surface area contributed by atoms with Crippen LogP contribution in [0.15, 0.2) is 31.0 Å². The third-order valence-electron chi connectivity index (χ3n) is 5.18. The Bertz CT molecular complexity index is 1020. The third-order valence-corrected chi connectivity index (χ3v) is 5.18. The Hall–Kier alpha value is -2.75. The molecule has 168 valence electrons. The first-order chi connectivity index (χ1) is 14.4. The lowest BCUT2D eigenvalue weighted by molar-refractivity contribution is -0.147. The summed E-state index contributed by atoms with van der Waals surface area (Å²) in [7, 11) is 0. The summed E-state index contributed by atoms with van der Waals surface area (Å²) in [6.07, 6.45) is -4.44. The minimum Gasteiger partial charge on any atom is -0.368 e. The smallest absolute Gasteiger partial charge is 0.368 e. The summed E-state index contributed by atoms with van der Waals surface area (Å²) in [4.78, 5) is 5.53. The zero-order valence-electron chi connectivity index (χ0n) is 16.9. The van der Waals surface area contributed by atoms with Gasteiger partial charge in [0.25, 0.3) is 0 Å². The fourth-order valence-corrected chi connectivity index (χ4v) is 3.70. The molecule has 3 rings (SSSR count). The second kappa shape index (κ2) is 8.41. The summed E-state index contributed by atoms with van der Waals surface area (Å²) in [5.74, 6) is -4.31. The molecule has 4 nitrogen and oxygen atoms in total. The second-order valence-corrected chi connectivity index (χ2v) is 7.67. The Kier molecular flexibility index (Phi) is 6.22. The van der Waals surface area contributed by atoms with Crippen molar-refractivity contribution in [2.45, 2.75) is 45.1 Å². The first-order valence-corrected chi connectivity index (χ1v) is 9.52. The lowest BCUT2D eigenvalue weighted by atomic mass is 10.0. The number of allylic oxidation sites excluding steroid dienone is 1. The maximum absolute atomic E-state index is 13.9. The molecule has 1 atom stereocenters. The lowest BCUT2D eigenvalue weighted by Gasteiger charge is -2.33. The van der Waals surface area contributed by atoms with Gasteiger partial charge in [-0.2, -0.15) is 13.2 Å². The molecule has 10 heteroatoms. The number of halogens is 6. The first-order valence-electron chi connectivity index (χ1n) is 9.52. The van der Waals surface area contributed by atoms with Gasteiger partial charge in [0.1, 0.15) is 5.82 Å². The standard InChI is InChI=1S/C21H22F6N4/c1-11(2)19-18-10-30(4-5-31(18)20(29-19)21(25,26)27)12(3)6-14(28)7-13-8-16(23)17(24)9-15(13)22/h8-9,14H,1,3-7,10,28H2,2H3. The topological polar surface area (TPSA) is 47.1 Å². The lowest BCUT2D eigenvalue weighted by Crippen LogP contribution is -2.36. The van der Waals surface area contributed by atoms with Gasteiger partial charge >= 0.3 is 6.18 Å². The van der Waals surface area contributed by atoms with Crippen LogP contribution in [0, 0.1) is 17.5 Å². The Balaban J connectivity index is 1.73. The van der Waals surface area contributed by atoms with Crippen LogP contribution < -0.4 is 5.73 Å². The monoisotopic (exact) mass is 444 g/mol. The van der Waals surface area contributed by atoms with E-state index in [1.54, 1.807) is 11.8 Å². The Morgan fingerprint density at radius 2 is 1.77 bits per heavy atom. The van der Waals surface area contributed by atoms with Gasteiger partial charge in [0.2, 0.25) is 5.82 Å². The number of hydrogen-bond acceptors (Lipinski definition) is 3. The van der Waals surface area contributed by atoms with Crippen LogP contribution in [0.4, 0.5) is 26.3 Å². The summed E-state index contributed by atoms with van der Waals surface area (Å²) in [6.45, 7) is 9.71. The molecule has 31 heavy (non-hydrogen) atoms. The van der Waals surface area contributed by atoms with Crippen molar-refractivity contribution in [3.63, 3.8) is 0 Å². The zero-order chi connectivity index (χ0) is 23.1. The molecule has 0 bridgehead atoms. The van der Waals surface area contributed by atoms with E-state index in [-0.39, 0.29) is 43.7 Å². The Morgan fingerprint density at radius 1 is 1.13 bits per heavy atom. The molecule has 0 radical (unpaired) electrons. The summed E-state index contributed by atoms with van der Waals surface area (Å²) in [6, 6.07) is 0.588. The largest absolute Gasteiger partial charge is 0.449 e. The van der Waals surface area contributed by atoms with Crippen LogP contribution in [0.3, 0.4) is 0 Å². The highest BCUT2D eigenvalue weighted by Crippen LogP contribution is 2.34. The molecule has 0 fully saturated rings. The SMILES string of the molecule is C=C(C)c1nc(C(F)(F)F)n2c1CN(C(=C)CC(N)Cc1cc(F)c(F)cc1F)CC2. The van der Waals surface area contributed by atoms with Gasteiger partial charge in [-0.1, -0.05) is 13.2 Å². The molecule has 1 aliphatic heterocycles. The van der Waals surface area contributed by atoms with E-state index in [9.17, 15) is 26.3 Å². The molecule has 0 aliphatic carbocycles. The molecular formula is C21H22F6N4. The van der Waals surface area contributed by atoms with Crippen LogP contribution in [-0.4, -0.2) is 27.0 Å². The van der Waals surface area contributed by atoms with Crippen molar-refractivity contribution >= 4 is 5.57 Å². The average molecular weight is 444 g/mol. The van der Waals surface area contributed by atoms with Crippen LogP contribution in [0.2, 0.25) is 0 Å². The van der Waals surface area contributed by atoms with Gasteiger partial charge in [0, 0.05) is 37.3 Å². The number of benzene rings is 1. The van der Waals surface area contributed by atoms with Gasteiger partial charge in [-0.05, 0) is 30.5 Å². The number of hydrogen-bond donors (Lipinski definition) is 1. The third kappa shape index (κ3) is 4.79. The van der Waals surface area contributed by atoms with Crippen molar-refractivity contribution in [1.82, 2.24) is 14.5 Å². The van der Waals surface area contributed by atoms with Gasteiger partial charge in [-0.3, -0.25) is 0 Å². The van der Waals surface area contributed by atoms with E-state index < -0.39 is 35.5 Å². The minimum atomic E-state index is -4.58. The number of alkyl halides is 3. The molecule has 2 aromatic rings. The van der Waals surface area contributed by atoms with Crippen molar-refractivity contribution in [3.05, 3.63) is 71.2 Å². The molecule has 1 aromatic carbocycles. The normalized spacial score (nSPS) is 15.0. The van der Waals surface area contributed by atoms with E-state index in [1.807, 2.05) is 0 Å². The van der Waals surface area contributed by atoms with E-state index in [2.05, 4.69) is 18.1 Å². The van der Waals surface area contributed by atoms with Crippen LogP contribution >= 0.6 is 0 Å². The van der Waals surface area contributed by atoms with Crippen molar-refractivity contribution < 1.29 is 26.3 Å². The maximum Gasteiger partial charge on any atom is 0.449 e. The van der Waals surface area contributed by atoms with E-state index in [0.717, 1.165) is 10.6 Å². The van der Waals surface area contributed by atoms with Gasteiger partial charge in [0.15, 0.2) is 11.6 Å². The van der Waals surface area contributed by atoms with Gasteiger partial charge < -0.3 is 15.2 Å². The fourth-order valence-electron chi connectivity index (χ4n) is 3.70. The van der Waals surface area contributed by atoms with Crippen LogP contribution in [0.5, 0.6) is 0 Å². The summed E-state index contributed by atoms with van der Waals surface area (Å²) in [5, 5.41) is 0. The molecule has 0 amide bonds. The summed E-state index contributed by atoms with van der Waals surface area (Å²) < 4.78 is 81.5. The highest BCUT2D eigenvalue weighted by atomic mass is 19.4. The van der Waals surface area contributed by atoms with Crippen LogP contribution in [0.1, 0.15) is 36.1 Å². The average Bonchev–Trinajstić information content (AvgIpc) is 3.05. The van der Waals surface area contributed by atoms with Crippen molar-refractivity contribution in [2.75, 3.05) is 6.54 Å². The van der Waals surface area contributed by atoms with Crippen molar-refractivity contribution in [3.8, 4) is 0 Å². The molecule has 0 spiro atoms. The number of rotatable bonds is 6. The van der Waals surface area contributed by atoms with Crippen LogP contribution in [-0.2, 0) is 25.7 Å².